The van der Waals surface area contributed by atoms with E-state index in [0.29, 0.717) is 32.6 Å². The summed E-state index contributed by atoms with van der Waals surface area (Å²) in [6.45, 7) is 1.61. The number of aromatic amines is 1. The normalized spacial score (nSPS) is 15.1. The Kier molecular flexibility index (Phi) is 5.11. The first-order valence-corrected chi connectivity index (χ1v) is 8.19. The third-order valence-corrected chi connectivity index (χ3v) is 4.30. The number of carbonyl (C=O) groups is 2. The SMILES string of the molecule is O=C(Cc1ccc[nH]1)N1CCCN(C(=O)c2cc(F)ccc2F)CC1. The van der Waals surface area contributed by atoms with Gasteiger partial charge in [0.1, 0.15) is 11.6 Å². The van der Waals surface area contributed by atoms with Crippen LogP contribution in [-0.2, 0) is 11.2 Å². The second kappa shape index (κ2) is 7.46. The molecule has 0 aliphatic carbocycles. The van der Waals surface area contributed by atoms with Crippen LogP contribution in [0, 0.1) is 11.6 Å². The fourth-order valence-corrected chi connectivity index (χ4v) is 2.95. The molecule has 132 valence electrons. The molecular weight excluding hydrogens is 328 g/mol. The Morgan fingerprint density at radius 2 is 1.80 bits per heavy atom. The predicted molar refractivity (Wildman–Crippen MR) is 88.0 cm³/mol. The summed E-state index contributed by atoms with van der Waals surface area (Å²) in [7, 11) is 0. The lowest BCUT2D eigenvalue weighted by molar-refractivity contribution is -0.130. The highest BCUT2D eigenvalue weighted by atomic mass is 19.1. The predicted octanol–water partition coefficient (Wildman–Crippen LogP) is 2.21. The third kappa shape index (κ3) is 4.04. The van der Waals surface area contributed by atoms with Gasteiger partial charge in [0.25, 0.3) is 5.91 Å². The standard InChI is InChI=1S/C18H19F2N3O2/c19-13-4-5-16(20)15(11-13)18(25)23-8-2-7-22(9-10-23)17(24)12-14-3-1-6-21-14/h1,3-6,11,21H,2,7-10,12H2. The first-order valence-electron chi connectivity index (χ1n) is 8.19. The Hall–Kier alpha value is -2.70. The monoisotopic (exact) mass is 347 g/mol. The van der Waals surface area contributed by atoms with E-state index in [-0.39, 0.29) is 17.9 Å². The molecule has 1 aliphatic heterocycles. The van der Waals surface area contributed by atoms with Crippen LogP contribution >= 0.6 is 0 Å². The number of hydrogen-bond acceptors (Lipinski definition) is 2. The van der Waals surface area contributed by atoms with E-state index in [1.165, 1.54) is 4.90 Å². The summed E-state index contributed by atoms with van der Waals surface area (Å²) >= 11 is 0. The molecule has 1 aromatic carbocycles. The number of nitrogens with one attached hydrogen (secondary N) is 1. The van der Waals surface area contributed by atoms with Crippen LogP contribution < -0.4 is 0 Å². The molecule has 3 rings (SSSR count). The number of aromatic nitrogens is 1. The maximum Gasteiger partial charge on any atom is 0.256 e. The number of halogens is 2. The summed E-state index contributed by atoms with van der Waals surface area (Å²) in [5, 5.41) is 0. The van der Waals surface area contributed by atoms with Crippen LogP contribution in [0.25, 0.3) is 0 Å². The zero-order valence-electron chi connectivity index (χ0n) is 13.7. The highest BCUT2D eigenvalue weighted by molar-refractivity contribution is 5.94. The maximum atomic E-state index is 13.8. The molecule has 5 nitrogen and oxygen atoms in total. The van der Waals surface area contributed by atoms with E-state index in [1.807, 2.05) is 12.1 Å². The summed E-state index contributed by atoms with van der Waals surface area (Å²) in [5.41, 5.74) is 0.565. The molecule has 0 atom stereocenters. The second-order valence-electron chi connectivity index (χ2n) is 6.02. The van der Waals surface area contributed by atoms with E-state index in [9.17, 15) is 18.4 Å². The van der Waals surface area contributed by atoms with Gasteiger partial charge in [0.15, 0.2) is 0 Å². The lowest BCUT2D eigenvalue weighted by atomic mass is 10.1. The molecule has 2 aromatic rings. The molecule has 25 heavy (non-hydrogen) atoms. The molecule has 0 bridgehead atoms. The van der Waals surface area contributed by atoms with Crippen molar-refractivity contribution < 1.29 is 18.4 Å². The second-order valence-corrected chi connectivity index (χ2v) is 6.02. The average molecular weight is 347 g/mol. The summed E-state index contributed by atoms with van der Waals surface area (Å²) in [6, 6.07) is 6.52. The number of nitrogens with zero attached hydrogens (tertiary/aromatic N) is 2. The molecule has 0 radical (unpaired) electrons. The Morgan fingerprint density at radius 3 is 2.56 bits per heavy atom. The van der Waals surface area contributed by atoms with Gasteiger partial charge in [-0.3, -0.25) is 9.59 Å². The van der Waals surface area contributed by atoms with Crippen molar-refractivity contribution in [1.29, 1.82) is 0 Å². The first kappa shape index (κ1) is 17.1. The third-order valence-electron chi connectivity index (χ3n) is 4.30. The minimum atomic E-state index is -0.740. The number of rotatable bonds is 3. The van der Waals surface area contributed by atoms with Gasteiger partial charge in [-0.15, -0.1) is 0 Å². The van der Waals surface area contributed by atoms with E-state index >= 15 is 0 Å². The Balaban J connectivity index is 1.64. The van der Waals surface area contributed by atoms with Crippen LogP contribution in [0.3, 0.4) is 0 Å². The number of hydrogen-bond donors (Lipinski definition) is 1. The van der Waals surface area contributed by atoms with E-state index in [1.54, 1.807) is 11.1 Å². The molecule has 0 spiro atoms. The smallest absolute Gasteiger partial charge is 0.256 e. The topological polar surface area (TPSA) is 56.4 Å². The quantitative estimate of drug-likeness (QED) is 0.926. The van der Waals surface area contributed by atoms with Gasteiger partial charge in [-0.2, -0.15) is 0 Å². The first-order chi connectivity index (χ1) is 12.0. The largest absolute Gasteiger partial charge is 0.365 e. The van der Waals surface area contributed by atoms with Crippen molar-refractivity contribution >= 4 is 11.8 Å². The lowest BCUT2D eigenvalue weighted by Gasteiger charge is -2.22. The lowest BCUT2D eigenvalue weighted by Crippen LogP contribution is -2.38. The summed E-state index contributed by atoms with van der Waals surface area (Å²) in [4.78, 5) is 31.0. The minimum absolute atomic E-state index is 0.0197. The summed E-state index contributed by atoms with van der Waals surface area (Å²) < 4.78 is 27.1. The van der Waals surface area contributed by atoms with E-state index in [2.05, 4.69) is 4.98 Å². The molecule has 2 amide bonds. The Bertz CT molecular complexity index is 762. The molecule has 1 N–H and O–H groups in total. The molecular formula is C18H19F2N3O2. The van der Waals surface area contributed by atoms with Crippen LogP contribution in [0.4, 0.5) is 8.78 Å². The number of amides is 2. The fourth-order valence-electron chi connectivity index (χ4n) is 2.95. The van der Waals surface area contributed by atoms with Gasteiger partial charge in [0.2, 0.25) is 5.91 Å². The van der Waals surface area contributed by atoms with Crippen LogP contribution in [0.5, 0.6) is 0 Å². The van der Waals surface area contributed by atoms with Gasteiger partial charge in [0, 0.05) is 38.1 Å². The van der Waals surface area contributed by atoms with Crippen LogP contribution in [-0.4, -0.2) is 52.8 Å². The van der Waals surface area contributed by atoms with Gasteiger partial charge < -0.3 is 14.8 Å². The van der Waals surface area contributed by atoms with Gasteiger partial charge in [-0.25, -0.2) is 8.78 Å². The van der Waals surface area contributed by atoms with E-state index in [4.69, 9.17) is 0 Å². The zero-order valence-corrected chi connectivity index (χ0v) is 13.7. The average Bonchev–Trinajstić information content (AvgIpc) is 2.97. The molecule has 1 aromatic heterocycles. The summed E-state index contributed by atoms with van der Waals surface area (Å²) in [5.74, 6) is -1.96. The number of benzene rings is 1. The van der Waals surface area contributed by atoms with E-state index < -0.39 is 17.5 Å². The summed E-state index contributed by atoms with van der Waals surface area (Å²) in [6.07, 6.45) is 2.64. The maximum absolute atomic E-state index is 13.8. The van der Waals surface area contributed by atoms with Gasteiger partial charge in [0.05, 0.1) is 12.0 Å². The highest BCUT2D eigenvalue weighted by Crippen LogP contribution is 2.15. The van der Waals surface area contributed by atoms with Crippen LogP contribution in [0.15, 0.2) is 36.5 Å². The molecule has 7 heteroatoms. The van der Waals surface area contributed by atoms with E-state index in [0.717, 1.165) is 23.9 Å². The van der Waals surface area contributed by atoms with Gasteiger partial charge >= 0.3 is 0 Å². The molecule has 1 saturated heterocycles. The van der Waals surface area contributed by atoms with Crippen molar-refractivity contribution in [1.82, 2.24) is 14.8 Å². The van der Waals surface area contributed by atoms with Crippen molar-refractivity contribution in [2.24, 2.45) is 0 Å². The zero-order chi connectivity index (χ0) is 17.8. The van der Waals surface area contributed by atoms with Crippen molar-refractivity contribution in [2.75, 3.05) is 26.2 Å². The molecule has 1 aliphatic rings. The minimum Gasteiger partial charge on any atom is -0.365 e. The van der Waals surface area contributed by atoms with Crippen molar-refractivity contribution in [3.8, 4) is 0 Å². The van der Waals surface area contributed by atoms with Crippen LogP contribution in [0.1, 0.15) is 22.5 Å². The highest BCUT2D eigenvalue weighted by Gasteiger charge is 2.24. The Morgan fingerprint density at radius 1 is 1.04 bits per heavy atom. The van der Waals surface area contributed by atoms with Crippen molar-refractivity contribution in [2.45, 2.75) is 12.8 Å². The van der Waals surface area contributed by atoms with Crippen LogP contribution in [0.2, 0.25) is 0 Å². The number of H-pyrrole nitrogens is 1. The number of carbonyl (C=O) groups excluding carboxylic acids is 2. The van der Waals surface area contributed by atoms with Gasteiger partial charge in [-0.05, 0) is 36.8 Å². The van der Waals surface area contributed by atoms with Crippen molar-refractivity contribution in [3.63, 3.8) is 0 Å². The molecule has 0 saturated carbocycles. The van der Waals surface area contributed by atoms with Crippen molar-refractivity contribution in [3.05, 3.63) is 59.4 Å². The molecule has 0 unspecified atom stereocenters. The fraction of sp³-hybridized carbons (Fsp3) is 0.333. The Labute approximate surface area is 144 Å². The molecule has 1 fully saturated rings. The molecule has 2 heterocycles. The van der Waals surface area contributed by atoms with Gasteiger partial charge in [-0.1, -0.05) is 0 Å².